The molecule has 1 aromatic carbocycles. The number of aryl methyl sites for hydroxylation is 2. The number of anilines is 2. The van der Waals surface area contributed by atoms with E-state index in [0.717, 1.165) is 108 Å². The van der Waals surface area contributed by atoms with Crippen LogP contribution < -0.4 is 10.1 Å². The van der Waals surface area contributed by atoms with Gasteiger partial charge in [0.1, 0.15) is 39.0 Å². The number of rotatable bonds is 7. The number of aliphatic imine (C=N–C) groups is 1. The Hall–Kier alpha value is -4.24. The lowest BCUT2D eigenvalue weighted by atomic mass is 9.87. The van der Waals surface area contributed by atoms with E-state index in [9.17, 15) is 9.59 Å². The zero-order valence-corrected chi connectivity index (χ0v) is 34.0. The van der Waals surface area contributed by atoms with E-state index >= 15 is 0 Å². The molecule has 1 N–H and O–H groups in total. The highest BCUT2D eigenvalue weighted by molar-refractivity contribution is 7.19. The fraction of sp³-hybridized carbons (Fsp3) is 0.475. The van der Waals surface area contributed by atoms with Crippen molar-refractivity contribution in [1.29, 1.82) is 0 Å². The van der Waals surface area contributed by atoms with Crippen molar-refractivity contribution in [2.75, 3.05) is 53.3 Å². The van der Waals surface area contributed by atoms with Gasteiger partial charge in [-0.3, -0.25) is 14.6 Å². The van der Waals surface area contributed by atoms with Crippen LogP contribution in [0, 0.1) is 17.8 Å². The van der Waals surface area contributed by atoms with Crippen molar-refractivity contribution in [2.24, 2.45) is 22.7 Å². The Kier molecular flexibility index (Phi) is 11.0. The average Bonchev–Trinajstić information content (AvgIpc) is 3.92. The van der Waals surface area contributed by atoms with Gasteiger partial charge < -0.3 is 24.6 Å². The van der Waals surface area contributed by atoms with Crippen LogP contribution in [0.4, 0.5) is 11.5 Å². The molecule has 15 heteroatoms. The molecule has 0 saturated carbocycles. The molecule has 0 spiro atoms. The van der Waals surface area contributed by atoms with Gasteiger partial charge in [0, 0.05) is 69.2 Å². The van der Waals surface area contributed by atoms with Crippen LogP contribution in [0.3, 0.4) is 0 Å². The summed E-state index contributed by atoms with van der Waals surface area (Å²) in [4.78, 5) is 54.4. The molecule has 4 aromatic heterocycles. The van der Waals surface area contributed by atoms with E-state index < -0.39 is 0 Å². The highest BCUT2D eigenvalue weighted by atomic mass is 35.5. The summed E-state index contributed by atoms with van der Waals surface area (Å²) >= 11 is 9.49. The molecule has 288 valence electrons. The first-order valence-corrected chi connectivity index (χ1v) is 20.9. The Balaban J connectivity index is 0.000000189. The fourth-order valence-corrected chi connectivity index (χ4v) is 10.9. The second-order valence-electron chi connectivity index (χ2n) is 15.1. The maximum Gasteiger partial charge on any atom is 0.225 e. The molecule has 2 aliphatic heterocycles. The molecule has 2 amide bonds. The summed E-state index contributed by atoms with van der Waals surface area (Å²) < 4.78 is 11.9. The van der Waals surface area contributed by atoms with Crippen LogP contribution in [0.2, 0.25) is 5.15 Å². The minimum Gasteiger partial charge on any atom is -0.491 e. The van der Waals surface area contributed by atoms with E-state index in [1.807, 2.05) is 34.4 Å². The van der Waals surface area contributed by atoms with Crippen molar-refractivity contribution in [3.63, 3.8) is 0 Å². The van der Waals surface area contributed by atoms with Gasteiger partial charge in [-0.2, -0.15) is 0 Å². The largest absolute Gasteiger partial charge is 0.491 e. The Labute approximate surface area is 333 Å². The molecule has 0 radical (unpaired) electrons. The van der Waals surface area contributed by atoms with Gasteiger partial charge in [-0.05, 0) is 91.7 Å². The minimum atomic E-state index is 0.0334. The SMILES string of the molecule is CN(C)C(=O)[C@H]1CCc2c(sc3ncnc(Cl)c23)C1.CN(C)C(=O)[C@H]1CCc2c(sc3ncnc(Nc4cc5c(cc4OCC4CCOCC4)CN=C5)c23)C1. The highest BCUT2D eigenvalue weighted by Gasteiger charge is 2.31. The van der Waals surface area contributed by atoms with Crippen LogP contribution in [0.5, 0.6) is 5.75 Å². The molecule has 1 fully saturated rings. The molecule has 6 heterocycles. The topological polar surface area (TPSA) is 135 Å². The first kappa shape index (κ1) is 37.7. The van der Waals surface area contributed by atoms with E-state index in [4.69, 9.17) is 21.1 Å². The number of aromatic nitrogens is 4. The van der Waals surface area contributed by atoms with E-state index in [-0.39, 0.29) is 23.7 Å². The van der Waals surface area contributed by atoms with Crippen molar-refractivity contribution >= 4 is 84.2 Å². The summed E-state index contributed by atoms with van der Waals surface area (Å²) in [5.41, 5.74) is 5.70. The number of amides is 2. The molecular formula is C40H45ClN8O4S2. The molecule has 5 aromatic rings. The third-order valence-corrected chi connectivity index (χ3v) is 13.6. The van der Waals surface area contributed by atoms with E-state index in [2.05, 4.69) is 42.4 Å². The number of ether oxygens (including phenoxy) is 2. The van der Waals surface area contributed by atoms with Gasteiger partial charge in [0.2, 0.25) is 11.8 Å². The van der Waals surface area contributed by atoms with Crippen LogP contribution in [-0.2, 0) is 46.6 Å². The number of fused-ring (bicyclic) bond motifs is 7. The molecular weight excluding hydrogens is 756 g/mol. The van der Waals surface area contributed by atoms with E-state index in [1.54, 1.807) is 38.8 Å². The summed E-state index contributed by atoms with van der Waals surface area (Å²) in [6.07, 6.45) is 12.1. The van der Waals surface area contributed by atoms with Crippen LogP contribution >= 0.6 is 34.3 Å². The number of carbonyl (C=O) groups excluding carboxylic acids is 2. The summed E-state index contributed by atoms with van der Waals surface area (Å²) in [6.45, 7) is 2.97. The van der Waals surface area contributed by atoms with E-state index in [1.165, 1.54) is 32.8 Å². The zero-order valence-electron chi connectivity index (χ0n) is 31.6. The highest BCUT2D eigenvalue weighted by Crippen LogP contribution is 2.43. The monoisotopic (exact) mass is 800 g/mol. The molecule has 12 nitrogen and oxygen atoms in total. The van der Waals surface area contributed by atoms with Crippen LogP contribution in [0.1, 0.15) is 57.7 Å². The fourth-order valence-electron chi connectivity index (χ4n) is 8.03. The van der Waals surface area contributed by atoms with Gasteiger partial charge in [-0.15, -0.1) is 22.7 Å². The third-order valence-electron chi connectivity index (χ3n) is 11.0. The predicted molar refractivity (Wildman–Crippen MR) is 218 cm³/mol. The maximum atomic E-state index is 12.6. The lowest BCUT2D eigenvalue weighted by Gasteiger charge is -2.24. The summed E-state index contributed by atoms with van der Waals surface area (Å²) in [7, 11) is 7.29. The maximum absolute atomic E-state index is 12.6. The Morgan fingerprint density at radius 1 is 0.855 bits per heavy atom. The Morgan fingerprint density at radius 3 is 2.13 bits per heavy atom. The molecule has 4 aliphatic rings. The number of carbonyl (C=O) groups is 2. The Bertz CT molecular complexity index is 2280. The predicted octanol–water partition coefficient (Wildman–Crippen LogP) is 6.90. The first-order chi connectivity index (χ1) is 26.6. The van der Waals surface area contributed by atoms with Crippen molar-refractivity contribution in [2.45, 2.75) is 57.9 Å². The summed E-state index contributed by atoms with van der Waals surface area (Å²) in [5, 5.41) is 6.17. The van der Waals surface area contributed by atoms with Gasteiger partial charge in [-0.25, -0.2) is 19.9 Å². The molecule has 2 aliphatic carbocycles. The lowest BCUT2D eigenvalue weighted by Crippen LogP contribution is -2.32. The normalized spacial score (nSPS) is 18.9. The summed E-state index contributed by atoms with van der Waals surface area (Å²) in [5.74, 6) is 2.66. The van der Waals surface area contributed by atoms with Crippen molar-refractivity contribution < 1.29 is 19.1 Å². The number of hydrogen-bond acceptors (Lipinski definition) is 12. The lowest BCUT2D eigenvalue weighted by molar-refractivity contribution is -0.134. The number of hydrogen-bond donors (Lipinski definition) is 1. The second kappa shape index (κ2) is 16.1. The molecule has 2 atom stereocenters. The Morgan fingerprint density at radius 2 is 1.47 bits per heavy atom. The van der Waals surface area contributed by atoms with Crippen LogP contribution in [-0.4, -0.2) is 95.8 Å². The minimum absolute atomic E-state index is 0.0334. The van der Waals surface area contributed by atoms with E-state index in [0.29, 0.717) is 24.2 Å². The van der Waals surface area contributed by atoms with Crippen molar-refractivity contribution in [3.8, 4) is 5.75 Å². The number of thiophene rings is 2. The number of benzene rings is 1. The van der Waals surface area contributed by atoms with Crippen LogP contribution in [0.25, 0.3) is 20.4 Å². The van der Waals surface area contributed by atoms with Gasteiger partial charge in [0.15, 0.2) is 0 Å². The van der Waals surface area contributed by atoms with Gasteiger partial charge in [-0.1, -0.05) is 11.6 Å². The van der Waals surface area contributed by atoms with Crippen molar-refractivity contribution in [1.82, 2.24) is 29.7 Å². The zero-order chi connectivity index (χ0) is 38.2. The van der Waals surface area contributed by atoms with Gasteiger partial charge >= 0.3 is 0 Å². The average molecular weight is 801 g/mol. The van der Waals surface area contributed by atoms with Crippen LogP contribution in [0.15, 0.2) is 29.8 Å². The van der Waals surface area contributed by atoms with Crippen molar-refractivity contribution in [3.05, 3.63) is 61.9 Å². The number of halogens is 1. The van der Waals surface area contributed by atoms with Gasteiger partial charge in [0.05, 0.1) is 29.6 Å². The molecule has 0 unspecified atom stereocenters. The molecule has 55 heavy (non-hydrogen) atoms. The first-order valence-electron chi connectivity index (χ1n) is 18.9. The standard InChI is InChI=1S/C27H31N5O3S.C13H14ClN3OS/c1-32(2)27(33)17-3-4-20-23(11-17)36-26-24(20)25(29-15-30-26)31-21-9-18-12-28-13-19(18)10-22(21)35-14-16-5-7-34-8-6-16;1-17(2)13(18)7-3-4-8-9(5-7)19-12-10(8)11(14)15-6-16-12/h9-10,12,15-17H,3-8,11,13-14H2,1-2H3,(H,29,30,31);6-7H,3-5H2,1-2H3/t17-;7-/m00/s1. The third kappa shape index (κ3) is 7.78. The number of nitrogens with zero attached hydrogens (tertiary/aromatic N) is 7. The summed E-state index contributed by atoms with van der Waals surface area (Å²) in [6, 6.07) is 4.23. The smallest absolute Gasteiger partial charge is 0.225 e. The molecule has 0 bridgehead atoms. The number of nitrogens with one attached hydrogen (secondary N) is 1. The molecule has 9 rings (SSSR count). The van der Waals surface area contributed by atoms with Gasteiger partial charge in [0.25, 0.3) is 0 Å². The quantitative estimate of drug-likeness (QED) is 0.175. The second-order valence-corrected chi connectivity index (χ2v) is 17.6. The molecule has 1 saturated heterocycles.